The minimum atomic E-state index is -1.75. The second-order valence-corrected chi connectivity index (χ2v) is 17.1. The van der Waals surface area contributed by atoms with Gasteiger partial charge in [-0.1, -0.05) is 45.4 Å². The number of alkyl halides is 2. The molecular formula is C45H59F4N7. The van der Waals surface area contributed by atoms with Crippen molar-refractivity contribution in [1.29, 1.82) is 0 Å². The summed E-state index contributed by atoms with van der Waals surface area (Å²) in [6.45, 7) is 13.2. The average Bonchev–Trinajstić information content (AvgIpc) is 3.43. The van der Waals surface area contributed by atoms with Gasteiger partial charge >= 0.3 is 0 Å². The first-order chi connectivity index (χ1) is 27.0. The van der Waals surface area contributed by atoms with E-state index in [0.717, 1.165) is 74.7 Å². The zero-order valence-corrected chi connectivity index (χ0v) is 33.9. The molecule has 0 radical (unpaired) electrons. The number of nitrogens with zero attached hydrogens (tertiary/aromatic N) is 6. The number of halogens is 4. The second kappa shape index (κ2) is 16.9. The van der Waals surface area contributed by atoms with Crippen molar-refractivity contribution in [3.8, 4) is 11.1 Å². The van der Waals surface area contributed by atoms with Crippen LogP contribution < -0.4 is 10.6 Å². The largest absolute Gasteiger partial charge is 0.398 e. The fourth-order valence-electron chi connectivity index (χ4n) is 10.3. The zero-order valence-electron chi connectivity index (χ0n) is 33.9. The normalized spacial score (nSPS) is 23.3. The first-order valence-electron chi connectivity index (χ1n) is 20.8. The van der Waals surface area contributed by atoms with E-state index >= 15 is 8.78 Å². The van der Waals surface area contributed by atoms with Crippen LogP contribution in [0.1, 0.15) is 94.7 Å². The van der Waals surface area contributed by atoms with Crippen LogP contribution in [0.4, 0.5) is 29.1 Å². The van der Waals surface area contributed by atoms with Crippen LogP contribution in [0.5, 0.6) is 0 Å². The van der Waals surface area contributed by atoms with Crippen molar-refractivity contribution in [2.45, 2.75) is 104 Å². The fourth-order valence-corrected chi connectivity index (χ4v) is 10.3. The molecule has 3 atom stereocenters. The molecule has 2 unspecified atom stereocenters. The number of nitrogens with two attached hydrogens (primary N) is 1. The molecule has 4 aromatic rings. The maximum absolute atomic E-state index is 17.8. The molecule has 1 saturated carbocycles. The summed E-state index contributed by atoms with van der Waals surface area (Å²) in [5.74, 6) is 1.53. The van der Waals surface area contributed by atoms with Crippen LogP contribution >= 0.6 is 0 Å². The number of anilines is 2. The number of hydrogen-bond acceptors (Lipinski definition) is 7. The molecule has 2 bridgehead atoms. The number of piperidine rings is 1. The Balaban J connectivity index is 0.00000155. The smallest absolute Gasteiger partial charge is 0.229 e. The van der Waals surface area contributed by atoms with Gasteiger partial charge in [0.1, 0.15) is 23.0 Å². The van der Waals surface area contributed by atoms with Crippen LogP contribution in [0.2, 0.25) is 0 Å². The molecule has 7 nitrogen and oxygen atoms in total. The standard InChI is InChI=1S/C44H57F2N7.CH2F2/c1-6-32-35(45)15-12-29-20-27(3)21-33(37(29)32)38-40(46)42-39(34(22-48-5)41(38)47)43(50-36(49-42)16-18-44(4)17-9-19-51(7-2)26-44)53-30-13-14-31(53)25-52(24-30)23-28-10-8-11-28;2-1-3/h12,15,20-22,28,30-31H,6-11,13-14,16-19,23-26,47H2,1-5H3;1H2/t30?,31?,44-;/m0./s1. The maximum atomic E-state index is 17.8. The summed E-state index contributed by atoms with van der Waals surface area (Å²) in [4.78, 5) is 22.7. The predicted octanol–water partition coefficient (Wildman–Crippen LogP) is 9.62. The molecule has 4 aliphatic rings. The molecule has 2 N–H and O–H groups in total. The van der Waals surface area contributed by atoms with Gasteiger partial charge in [0, 0.05) is 69.1 Å². The van der Waals surface area contributed by atoms with Crippen LogP contribution in [0.25, 0.3) is 32.8 Å². The van der Waals surface area contributed by atoms with E-state index in [2.05, 4.69) is 33.5 Å². The summed E-state index contributed by atoms with van der Waals surface area (Å²) in [5.41, 5.74) is 10.9. The van der Waals surface area contributed by atoms with Gasteiger partial charge in [0.05, 0.1) is 11.1 Å². The molecule has 8 rings (SSSR count). The van der Waals surface area contributed by atoms with E-state index in [-0.39, 0.29) is 22.3 Å². The van der Waals surface area contributed by atoms with Gasteiger partial charge in [-0.25, -0.2) is 27.5 Å². The topological polar surface area (TPSA) is 73.9 Å². The molecule has 3 aromatic carbocycles. The third-order valence-corrected chi connectivity index (χ3v) is 13.2. The first kappa shape index (κ1) is 40.4. The molecular weight excluding hydrogens is 715 g/mol. The summed E-state index contributed by atoms with van der Waals surface area (Å²) in [6, 6.07) is 7.86. The Kier molecular flexibility index (Phi) is 12.2. The van der Waals surface area contributed by atoms with Crippen molar-refractivity contribution in [2.75, 3.05) is 63.9 Å². The Morgan fingerprint density at radius 1 is 0.982 bits per heavy atom. The number of aryl methyl sites for hydroxylation is 3. The number of hydrogen-bond donors (Lipinski definition) is 1. The lowest BCUT2D eigenvalue weighted by Crippen LogP contribution is -2.55. The minimum Gasteiger partial charge on any atom is -0.398 e. The van der Waals surface area contributed by atoms with Gasteiger partial charge in [-0.2, -0.15) is 0 Å². The lowest BCUT2D eigenvalue weighted by atomic mass is 9.78. The monoisotopic (exact) mass is 773 g/mol. The second-order valence-electron chi connectivity index (χ2n) is 17.1. The molecule has 1 aliphatic carbocycles. The van der Waals surface area contributed by atoms with E-state index in [9.17, 15) is 8.78 Å². The van der Waals surface area contributed by atoms with Gasteiger partial charge in [0.25, 0.3) is 0 Å². The quantitative estimate of drug-likeness (QED) is 0.0984. The van der Waals surface area contributed by atoms with Gasteiger partial charge in [0.2, 0.25) is 6.93 Å². The van der Waals surface area contributed by atoms with Crippen molar-refractivity contribution in [2.24, 2.45) is 16.3 Å². The molecule has 302 valence electrons. The van der Waals surface area contributed by atoms with Gasteiger partial charge in [-0.15, -0.1) is 0 Å². The van der Waals surface area contributed by atoms with E-state index in [0.29, 0.717) is 63.9 Å². The van der Waals surface area contributed by atoms with Crippen molar-refractivity contribution >= 4 is 39.4 Å². The summed E-state index contributed by atoms with van der Waals surface area (Å²) in [7, 11) is 1.73. The number of nitrogen functional groups attached to an aromatic ring is 1. The lowest BCUT2D eigenvalue weighted by Gasteiger charge is -2.44. The molecule has 0 amide bonds. The van der Waals surface area contributed by atoms with Crippen LogP contribution in [-0.2, 0) is 12.8 Å². The molecule has 4 fully saturated rings. The Labute approximate surface area is 329 Å². The van der Waals surface area contributed by atoms with Crippen LogP contribution in [0.15, 0.2) is 29.3 Å². The number of likely N-dealkylation sites (tertiary alicyclic amines) is 2. The highest BCUT2D eigenvalue weighted by molar-refractivity contribution is 6.14. The van der Waals surface area contributed by atoms with Crippen LogP contribution in [-0.4, -0.2) is 91.3 Å². The summed E-state index contributed by atoms with van der Waals surface area (Å²) < 4.78 is 52.5. The molecule has 4 heterocycles. The Morgan fingerprint density at radius 2 is 1.71 bits per heavy atom. The molecule has 1 aromatic heterocycles. The summed E-state index contributed by atoms with van der Waals surface area (Å²) in [5, 5.41) is 2.20. The van der Waals surface area contributed by atoms with Gasteiger partial charge in [0.15, 0.2) is 5.82 Å². The number of rotatable bonds is 10. The Bertz CT molecular complexity index is 2070. The SMILES string of the molecule is CCc1c(F)ccc2cc(C)cc(-c3c(N)c(C=NC)c4c(N5C6CCC5CN(CC5CCC5)C6)nc(CC[C@]5(C)CCCN(CC)C5)nc4c3F)c12.FCF. The average molecular weight is 774 g/mol. The van der Waals surface area contributed by atoms with Crippen molar-refractivity contribution in [3.05, 3.63) is 58.4 Å². The number of aromatic nitrogens is 2. The van der Waals surface area contributed by atoms with E-state index < -0.39 is 12.7 Å². The molecule has 56 heavy (non-hydrogen) atoms. The lowest BCUT2D eigenvalue weighted by molar-refractivity contribution is 0.0995. The number of piperazine rings is 1. The number of aliphatic imine (C=N–C) groups is 1. The highest BCUT2D eigenvalue weighted by Crippen LogP contribution is 2.46. The summed E-state index contributed by atoms with van der Waals surface area (Å²) >= 11 is 0. The predicted molar refractivity (Wildman–Crippen MR) is 222 cm³/mol. The molecule has 3 aliphatic heterocycles. The molecule has 3 saturated heterocycles. The maximum Gasteiger partial charge on any atom is 0.229 e. The highest BCUT2D eigenvalue weighted by atomic mass is 19.3. The third kappa shape index (κ3) is 7.74. The molecule has 0 spiro atoms. The summed E-state index contributed by atoms with van der Waals surface area (Å²) in [6.07, 6.45) is 12.4. The van der Waals surface area contributed by atoms with Crippen LogP contribution in [0.3, 0.4) is 0 Å². The van der Waals surface area contributed by atoms with Crippen molar-refractivity contribution in [1.82, 2.24) is 19.8 Å². The van der Waals surface area contributed by atoms with Gasteiger partial charge in [-0.3, -0.25) is 9.89 Å². The van der Waals surface area contributed by atoms with E-state index in [1.165, 1.54) is 44.7 Å². The third-order valence-electron chi connectivity index (χ3n) is 13.2. The van der Waals surface area contributed by atoms with E-state index in [4.69, 9.17) is 15.7 Å². The van der Waals surface area contributed by atoms with Crippen molar-refractivity contribution in [3.63, 3.8) is 0 Å². The Morgan fingerprint density at radius 3 is 2.36 bits per heavy atom. The minimum absolute atomic E-state index is 0.144. The van der Waals surface area contributed by atoms with E-state index in [1.54, 1.807) is 19.3 Å². The first-order valence-corrected chi connectivity index (χ1v) is 20.8. The number of benzene rings is 3. The van der Waals surface area contributed by atoms with E-state index in [1.807, 2.05) is 26.0 Å². The zero-order chi connectivity index (χ0) is 39.7. The van der Waals surface area contributed by atoms with Crippen LogP contribution in [0, 0.1) is 29.9 Å². The number of fused-ring (bicyclic) bond motifs is 4. The Hall–Kier alpha value is -3.83. The molecule has 11 heteroatoms. The fraction of sp³-hybridized carbons (Fsp3) is 0.578. The van der Waals surface area contributed by atoms with Gasteiger partial charge in [-0.05, 0) is 116 Å². The van der Waals surface area contributed by atoms with Gasteiger partial charge < -0.3 is 15.5 Å². The van der Waals surface area contributed by atoms with Crippen molar-refractivity contribution < 1.29 is 17.6 Å². The highest BCUT2D eigenvalue weighted by Gasteiger charge is 2.43.